The SMILES string of the molecule is C/C=C\c1c(N)ccc(SC)c1-c1ccccc1Cl. The topological polar surface area (TPSA) is 26.0 Å². The van der Waals surface area contributed by atoms with Gasteiger partial charge in [0.1, 0.15) is 0 Å². The molecule has 0 saturated carbocycles. The van der Waals surface area contributed by atoms with Crippen molar-refractivity contribution < 1.29 is 0 Å². The second kappa shape index (κ2) is 6.18. The highest BCUT2D eigenvalue weighted by molar-refractivity contribution is 7.98. The zero-order chi connectivity index (χ0) is 13.8. The van der Waals surface area contributed by atoms with E-state index in [1.807, 2.05) is 55.5 Å². The van der Waals surface area contributed by atoms with Crippen molar-refractivity contribution in [1.29, 1.82) is 0 Å². The van der Waals surface area contributed by atoms with Gasteiger partial charge in [-0.25, -0.2) is 0 Å². The Labute approximate surface area is 123 Å². The van der Waals surface area contributed by atoms with Crippen molar-refractivity contribution in [2.45, 2.75) is 11.8 Å². The first-order chi connectivity index (χ1) is 9.19. The third-order valence-corrected chi connectivity index (χ3v) is 4.05. The smallest absolute Gasteiger partial charge is 0.0485 e. The van der Waals surface area contributed by atoms with Gasteiger partial charge in [0.15, 0.2) is 0 Å². The summed E-state index contributed by atoms with van der Waals surface area (Å²) in [5.74, 6) is 0. The van der Waals surface area contributed by atoms with Gasteiger partial charge in [-0.05, 0) is 31.4 Å². The van der Waals surface area contributed by atoms with E-state index in [0.29, 0.717) is 0 Å². The van der Waals surface area contributed by atoms with Crippen molar-refractivity contribution in [1.82, 2.24) is 0 Å². The molecule has 2 rings (SSSR count). The van der Waals surface area contributed by atoms with Gasteiger partial charge in [0.05, 0.1) is 0 Å². The van der Waals surface area contributed by atoms with Gasteiger partial charge < -0.3 is 5.73 Å². The summed E-state index contributed by atoms with van der Waals surface area (Å²) < 4.78 is 0. The number of nitrogen functional groups attached to an aromatic ring is 1. The number of thioether (sulfide) groups is 1. The number of hydrogen-bond acceptors (Lipinski definition) is 2. The molecule has 0 saturated heterocycles. The van der Waals surface area contributed by atoms with Crippen LogP contribution in [0.3, 0.4) is 0 Å². The molecule has 0 aliphatic rings. The van der Waals surface area contributed by atoms with E-state index in [-0.39, 0.29) is 0 Å². The molecule has 1 nitrogen and oxygen atoms in total. The minimum absolute atomic E-state index is 0.745. The molecule has 0 unspecified atom stereocenters. The van der Waals surface area contributed by atoms with E-state index in [9.17, 15) is 0 Å². The van der Waals surface area contributed by atoms with E-state index in [0.717, 1.165) is 27.4 Å². The maximum absolute atomic E-state index is 6.34. The van der Waals surface area contributed by atoms with Gasteiger partial charge in [-0.3, -0.25) is 0 Å². The highest BCUT2D eigenvalue weighted by Gasteiger charge is 2.13. The molecule has 2 N–H and O–H groups in total. The van der Waals surface area contributed by atoms with E-state index >= 15 is 0 Å². The maximum Gasteiger partial charge on any atom is 0.0485 e. The molecule has 2 aromatic rings. The highest BCUT2D eigenvalue weighted by Crippen LogP contribution is 2.40. The van der Waals surface area contributed by atoms with E-state index in [1.165, 1.54) is 4.90 Å². The molecule has 2 aromatic carbocycles. The van der Waals surface area contributed by atoms with Crippen LogP contribution in [0.15, 0.2) is 47.4 Å². The molecule has 0 radical (unpaired) electrons. The molecule has 98 valence electrons. The summed E-state index contributed by atoms with van der Waals surface area (Å²) in [5.41, 5.74) is 10.0. The van der Waals surface area contributed by atoms with Crippen LogP contribution in [0, 0.1) is 0 Å². The summed E-state index contributed by atoms with van der Waals surface area (Å²) in [6, 6.07) is 11.9. The second-order valence-corrected chi connectivity index (χ2v) is 5.38. The Morgan fingerprint density at radius 3 is 2.53 bits per heavy atom. The van der Waals surface area contributed by atoms with Crippen molar-refractivity contribution in [3.05, 3.63) is 53.1 Å². The number of anilines is 1. The van der Waals surface area contributed by atoms with E-state index in [2.05, 4.69) is 6.26 Å². The first-order valence-electron chi connectivity index (χ1n) is 6.03. The van der Waals surface area contributed by atoms with Gasteiger partial charge in [0.2, 0.25) is 0 Å². The molecular formula is C16H16ClNS. The Morgan fingerprint density at radius 1 is 1.16 bits per heavy atom. The molecule has 0 spiro atoms. The van der Waals surface area contributed by atoms with Crippen molar-refractivity contribution in [2.75, 3.05) is 12.0 Å². The van der Waals surface area contributed by atoms with Crippen LogP contribution in [0.25, 0.3) is 17.2 Å². The fourth-order valence-corrected chi connectivity index (χ4v) is 2.93. The standard InChI is InChI=1S/C16H16ClNS/c1-3-6-12-14(18)9-10-15(19-2)16(12)11-7-4-5-8-13(11)17/h3-10H,18H2,1-2H3/b6-3-. The quantitative estimate of drug-likeness (QED) is 0.609. The van der Waals surface area contributed by atoms with Crippen molar-refractivity contribution in [3.8, 4) is 11.1 Å². The Kier molecular flexibility index (Phi) is 4.56. The molecule has 19 heavy (non-hydrogen) atoms. The fourth-order valence-electron chi connectivity index (χ4n) is 2.07. The van der Waals surface area contributed by atoms with Crippen LogP contribution in [0.1, 0.15) is 12.5 Å². The third-order valence-electron chi connectivity index (χ3n) is 2.94. The first-order valence-corrected chi connectivity index (χ1v) is 7.63. The van der Waals surface area contributed by atoms with E-state index in [1.54, 1.807) is 11.8 Å². The number of hydrogen-bond donors (Lipinski definition) is 1. The first kappa shape index (κ1) is 14.0. The maximum atomic E-state index is 6.34. The van der Waals surface area contributed by atoms with Crippen molar-refractivity contribution in [3.63, 3.8) is 0 Å². The molecule has 0 aliphatic heterocycles. The number of nitrogens with two attached hydrogens (primary N) is 1. The summed E-state index contributed by atoms with van der Waals surface area (Å²) in [6.45, 7) is 1.99. The van der Waals surface area contributed by atoms with Crippen LogP contribution < -0.4 is 5.73 Å². The van der Waals surface area contributed by atoms with Gasteiger partial charge in [-0.1, -0.05) is 42.0 Å². The van der Waals surface area contributed by atoms with Crippen LogP contribution in [0.4, 0.5) is 5.69 Å². The Balaban J connectivity index is 2.80. The minimum atomic E-state index is 0.745. The van der Waals surface area contributed by atoms with Crippen LogP contribution in [-0.2, 0) is 0 Å². The van der Waals surface area contributed by atoms with Gasteiger partial charge in [0.25, 0.3) is 0 Å². The predicted molar refractivity (Wildman–Crippen MR) is 87.8 cm³/mol. The zero-order valence-corrected chi connectivity index (χ0v) is 12.6. The van der Waals surface area contributed by atoms with E-state index in [4.69, 9.17) is 17.3 Å². The number of benzene rings is 2. The lowest BCUT2D eigenvalue weighted by atomic mass is 9.97. The summed E-state index contributed by atoms with van der Waals surface area (Å²) in [6.07, 6.45) is 6.09. The Hall–Kier alpha value is -1.38. The van der Waals surface area contributed by atoms with Crippen LogP contribution >= 0.6 is 23.4 Å². The summed E-state index contributed by atoms with van der Waals surface area (Å²) in [7, 11) is 0. The molecule has 0 aromatic heterocycles. The van der Waals surface area contributed by atoms with Crippen LogP contribution in [0.5, 0.6) is 0 Å². The van der Waals surface area contributed by atoms with Gasteiger partial charge in [0, 0.05) is 32.3 Å². The lowest BCUT2D eigenvalue weighted by molar-refractivity contribution is 1.43. The van der Waals surface area contributed by atoms with Gasteiger partial charge >= 0.3 is 0 Å². The summed E-state index contributed by atoms with van der Waals surface area (Å²) >= 11 is 8.04. The highest BCUT2D eigenvalue weighted by atomic mass is 35.5. The molecule has 0 amide bonds. The Morgan fingerprint density at radius 2 is 1.89 bits per heavy atom. The van der Waals surface area contributed by atoms with Crippen LogP contribution in [0.2, 0.25) is 5.02 Å². The fraction of sp³-hybridized carbons (Fsp3) is 0.125. The van der Waals surface area contributed by atoms with Crippen molar-refractivity contribution in [2.24, 2.45) is 0 Å². The minimum Gasteiger partial charge on any atom is -0.398 e. The Bertz CT molecular complexity index is 620. The van der Waals surface area contributed by atoms with Gasteiger partial charge in [-0.15, -0.1) is 11.8 Å². The third kappa shape index (κ3) is 2.80. The van der Waals surface area contributed by atoms with Gasteiger partial charge in [-0.2, -0.15) is 0 Å². The normalized spacial score (nSPS) is 11.1. The number of halogens is 1. The molecule has 0 atom stereocenters. The molecule has 0 fully saturated rings. The molecule has 0 heterocycles. The second-order valence-electron chi connectivity index (χ2n) is 4.13. The lowest BCUT2D eigenvalue weighted by Gasteiger charge is -2.15. The number of rotatable bonds is 3. The predicted octanol–water partition coefficient (Wildman–Crippen LogP) is 5.34. The monoisotopic (exact) mass is 289 g/mol. The summed E-state index contributed by atoms with van der Waals surface area (Å²) in [4.78, 5) is 1.18. The largest absolute Gasteiger partial charge is 0.398 e. The van der Waals surface area contributed by atoms with Crippen molar-refractivity contribution >= 4 is 35.1 Å². The molecular weight excluding hydrogens is 274 g/mol. The zero-order valence-electron chi connectivity index (χ0n) is 11.0. The number of allylic oxidation sites excluding steroid dienone is 1. The van der Waals surface area contributed by atoms with Crippen LogP contribution in [-0.4, -0.2) is 6.26 Å². The molecule has 0 aliphatic carbocycles. The average molecular weight is 290 g/mol. The molecule has 3 heteroatoms. The lowest BCUT2D eigenvalue weighted by Crippen LogP contribution is -1.95. The summed E-state index contributed by atoms with van der Waals surface area (Å²) in [5, 5.41) is 0.745. The molecule has 0 bridgehead atoms. The average Bonchev–Trinajstić information content (AvgIpc) is 2.42. The van der Waals surface area contributed by atoms with E-state index < -0.39 is 0 Å².